The van der Waals surface area contributed by atoms with E-state index in [1.807, 2.05) is 0 Å². The van der Waals surface area contributed by atoms with Gasteiger partial charge in [-0.2, -0.15) is 0 Å². The highest BCUT2D eigenvalue weighted by Crippen LogP contribution is 2.38. The molecule has 0 N–H and O–H groups in total. The summed E-state index contributed by atoms with van der Waals surface area (Å²) >= 11 is 17.5. The van der Waals surface area contributed by atoms with Crippen LogP contribution in [0.5, 0.6) is 5.75 Å². The van der Waals surface area contributed by atoms with E-state index in [4.69, 9.17) is 44.3 Å². The average Bonchev–Trinajstić information content (AvgIpc) is 2.54. The van der Waals surface area contributed by atoms with E-state index in [-0.39, 0.29) is 35.1 Å². The highest BCUT2D eigenvalue weighted by molar-refractivity contribution is 6.61. The summed E-state index contributed by atoms with van der Waals surface area (Å²) in [7, 11) is 0. The van der Waals surface area contributed by atoms with Gasteiger partial charge in [0.25, 0.3) is 0 Å². The molecule has 0 saturated carbocycles. The Labute approximate surface area is 163 Å². The van der Waals surface area contributed by atoms with E-state index in [1.54, 1.807) is 13.8 Å². The van der Waals surface area contributed by atoms with E-state index in [1.165, 1.54) is 0 Å². The molecule has 0 saturated heterocycles. The molecule has 0 fully saturated rings. The van der Waals surface area contributed by atoms with Crippen LogP contribution in [-0.4, -0.2) is 36.7 Å². The van der Waals surface area contributed by atoms with Crippen LogP contribution in [0.15, 0.2) is 16.6 Å². The van der Waals surface area contributed by atoms with Crippen LogP contribution >= 0.6 is 34.8 Å². The molecule has 0 spiro atoms. The standard InChI is InChI=1S/C15H14Cl3NO7/c1-3-24-12(20)7-26-11-6-9(16)8(5-10(11)19(22)23)13(14(17)18)15(21)25-4-2/h5-6H,3-4,7H2,1-2H3. The molecule has 0 amide bonds. The predicted octanol–water partition coefficient (Wildman–Crippen LogP) is 3.90. The normalized spacial score (nSPS) is 10.0. The SMILES string of the molecule is CCOC(=O)COc1cc(Cl)c(C(C(=O)OCC)=C(Cl)Cl)cc1[N+](=O)[O-]. The molecule has 0 bridgehead atoms. The number of nitrogens with zero attached hydrogens (tertiary/aromatic N) is 1. The minimum absolute atomic E-state index is 0.0316. The fourth-order valence-electron chi connectivity index (χ4n) is 1.82. The first-order chi connectivity index (χ1) is 12.2. The Bertz CT molecular complexity index is 745. The summed E-state index contributed by atoms with van der Waals surface area (Å²) < 4.78 is 14.1. The van der Waals surface area contributed by atoms with Crippen LogP contribution in [-0.2, 0) is 19.1 Å². The lowest BCUT2D eigenvalue weighted by molar-refractivity contribution is -0.385. The molecule has 0 radical (unpaired) electrons. The second kappa shape index (κ2) is 10.2. The summed E-state index contributed by atoms with van der Waals surface area (Å²) in [6, 6.07) is 2.03. The Morgan fingerprint density at radius 3 is 2.27 bits per heavy atom. The van der Waals surface area contributed by atoms with Gasteiger partial charge >= 0.3 is 17.6 Å². The molecule has 0 heterocycles. The molecular formula is C15H14Cl3NO7. The Hall–Kier alpha value is -2.03. The van der Waals surface area contributed by atoms with Crippen molar-refractivity contribution >= 4 is 58.0 Å². The Kier molecular flexibility index (Phi) is 8.64. The van der Waals surface area contributed by atoms with E-state index in [0.29, 0.717) is 0 Å². The van der Waals surface area contributed by atoms with Gasteiger partial charge in [0.2, 0.25) is 0 Å². The van der Waals surface area contributed by atoms with Crippen LogP contribution in [0, 0.1) is 10.1 Å². The quantitative estimate of drug-likeness (QED) is 0.269. The molecule has 1 rings (SSSR count). The summed E-state index contributed by atoms with van der Waals surface area (Å²) in [4.78, 5) is 33.9. The maximum absolute atomic E-state index is 12.0. The second-order valence-electron chi connectivity index (χ2n) is 4.51. The van der Waals surface area contributed by atoms with Crippen LogP contribution in [0.4, 0.5) is 5.69 Å². The molecule has 0 aliphatic carbocycles. The molecule has 26 heavy (non-hydrogen) atoms. The van der Waals surface area contributed by atoms with E-state index in [9.17, 15) is 19.7 Å². The first-order valence-electron chi connectivity index (χ1n) is 7.21. The lowest BCUT2D eigenvalue weighted by Gasteiger charge is -2.12. The zero-order valence-corrected chi connectivity index (χ0v) is 16.0. The highest BCUT2D eigenvalue weighted by Gasteiger charge is 2.26. The number of hydrogen-bond donors (Lipinski definition) is 0. The smallest absolute Gasteiger partial charge is 0.344 e. The number of ether oxygens (including phenoxy) is 3. The van der Waals surface area contributed by atoms with Crippen molar-refractivity contribution in [1.82, 2.24) is 0 Å². The van der Waals surface area contributed by atoms with Crippen molar-refractivity contribution in [2.24, 2.45) is 0 Å². The third-order valence-electron chi connectivity index (χ3n) is 2.83. The largest absolute Gasteiger partial charge is 0.475 e. The Morgan fingerprint density at radius 1 is 1.15 bits per heavy atom. The number of carbonyl (C=O) groups is 2. The Morgan fingerprint density at radius 2 is 1.77 bits per heavy atom. The molecule has 1 aromatic carbocycles. The van der Waals surface area contributed by atoms with Gasteiger partial charge in [0, 0.05) is 17.7 Å². The molecule has 0 aromatic heterocycles. The van der Waals surface area contributed by atoms with Gasteiger partial charge < -0.3 is 14.2 Å². The third kappa shape index (κ3) is 5.76. The van der Waals surface area contributed by atoms with Gasteiger partial charge in [-0.05, 0) is 13.8 Å². The minimum Gasteiger partial charge on any atom is -0.475 e. The van der Waals surface area contributed by atoms with Crippen molar-refractivity contribution in [3.8, 4) is 5.75 Å². The van der Waals surface area contributed by atoms with Gasteiger partial charge in [0.05, 0.1) is 28.7 Å². The molecule has 8 nitrogen and oxygen atoms in total. The van der Waals surface area contributed by atoms with Crippen molar-refractivity contribution in [2.45, 2.75) is 13.8 Å². The van der Waals surface area contributed by atoms with Gasteiger partial charge in [-0.3, -0.25) is 10.1 Å². The Balaban J connectivity index is 3.35. The van der Waals surface area contributed by atoms with Crippen LogP contribution in [0.2, 0.25) is 5.02 Å². The molecule has 0 aliphatic heterocycles. The maximum Gasteiger partial charge on any atom is 0.344 e. The number of nitro benzene ring substituents is 1. The number of hydrogen-bond acceptors (Lipinski definition) is 7. The number of esters is 2. The maximum atomic E-state index is 12.0. The van der Waals surface area contributed by atoms with Gasteiger partial charge in [-0.1, -0.05) is 34.8 Å². The summed E-state index contributed by atoms with van der Waals surface area (Å²) in [6.07, 6.45) is 0. The fourth-order valence-corrected chi connectivity index (χ4v) is 2.43. The number of halogens is 3. The van der Waals surface area contributed by atoms with Gasteiger partial charge in [-0.25, -0.2) is 9.59 Å². The van der Waals surface area contributed by atoms with Crippen molar-refractivity contribution in [1.29, 1.82) is 0 Å². The average molecular weight is 427 g/mol. The number of benzene rings is 1. The van der Waals surface area contributed by atoms with E-state index >= 15 is 0 Å². The fraction of sp³-hybridized carbons (Fsp3) is 0.333. The summed E-state index contributed by atoms with van der Waals surface area (Å²) in [6.45, 7) is 2.77. The van der Waals surface area contributed by atoms with E-state index in [0.717, 1.165) is 12.1 Å². The minimum atomic E-state index is -0.899. The molecule has 0 atom stereocenters. The van der Waals surface area contributed by atoms with Crippen molar-refractivity contribution in [2.75, 3.05) is 19.8 Å². The number of nitro groups is 1. The molecule has 11 heteroatoms. The van der Waals surface area contributed by atoms with Crippen LogP contribution in [0.25, 0.3) is 5.57 Å². The second-order valence-corrected chi connectivity index (χ2v) is 5.86. The van der Waals surface area contributed by atoms with Crippen molar-refractivity contribution in [3.63, 3.8) is 0 Å². The lowest BCUT2D eigenvalue weighted by Crippen LogP contribution is -2.15. The zero-order valence-electron chi connectivity index (χ0n) is 13.7. The molecule has 1 aromatic rings. The summed E-state index contributed by atoms with van der Waals surface area (Å²) in [5.74, 6) is -1.90. The highest BCUT2D eigenvalue weighted by atomic mass is 35.5. The molecule has 0 unspecified atom stereocenters. The molecule has 142 valence electrons. The van der Waals surface area contributed by atoms with Crippen LogP contribution < -0.4 is 4.74 Å². The van der Waals surface area contributed by atoms with Crippen molar-refractivity contribution < 1.29 is 28.7 Å². The van der Waals surface area contributed by atoms with E-state index < -0.39 is 33.6 Å². The van der Waals surface area contributed by atoms with Crippen LogP contribution in [0.3, 0.4) is 0 Å². The summed E-state index contributed by atoms with van der Waals surface area (Å²) in [5.41, 5.74) is -0.995. The molecule has 0 aliphatic rings. The van der Waals surface area contributed by atoms with Gasteiger partial charge in [-0.15, -0.1) is 0 Å². The lowest BCUT2D eigenvalue weighted by atomic mass is 10.1. The predicted molar refractivity (Wildman–Crippen MR) is 95.5 cm³/mol. The van der Waals surface area contributed by atoms with E-state index in [2.05, 4.69) is 4.74 Å². The van der Waals surface area contributed by atoms with Gasteiger partial charge in [0.1, 0.15) is 4.49 Å². The first kappa shape index (κ1) is 22.0. The summed E-state index contributed by atoms with van der Waals surface area (Å²) in [5, 5.41) is 11.2. The topological polar surface area (TPSA) is 105 Å². The molecular weight excluding hydrogens is 413 g/mol. The first-order valence-corrected chi connectivity index (χ1v) is 8.35. The number of carbonyl (C=O) groups excluding carboxylic acids is 2. The van der Waals surface area contributed by atoms with Gasteiger partial charge in [0.15, 0.2) is 12.4 Å². The number of rotatable bonds is 8. The van der Waals surface area contributed by atoms with Crippen molar-refractivity contribution in [3.05, 3.63) is 37.3 Å². The monoisotopic (exact) mass is 425 g/mol. The zero-order chi connectivity index (χ0) is 19.9. The third-order valence-corrected chi connectivity index (χ3v) is 3.52. The van der Waals surface area contributed by atoms with Crippen LogP contribution in [0.1, 0.15) is 19.4 Å².